The van der Waals surface area contributed by atoms with Gasteiger partial charge in [-0.1, -0.05) is 45.0 Å². The average Bonchev–Trinajstić information content (AvgIpc) is 3.22. The molecule has 2 heterocycles. The third-order valence-electron chi connectivity index (χ3n) is 5.35. The molecule has 0 bridgehead atoms. The lowest BCUT2D eigenvalue weighted by Crippen LogP contribution is -2.40. The smallest absolute Gasteiger partial charge is 0.317 e. The largest absolute Gasteiger partial charge is 0.353 e. The fourth-order valence-corrected chi connectivity index (χ4v) is 3.72. The van der Waals surface area contributed by atoms with Crippen LogP contribution in [0, 0.1) is 0 Å². The summed E-state index contributed by atoms with van der Waals surface area (Å²) in [5.74, 6) is 0. The van der Waals surface area contributed by atoms with Crippen LogP contribution in [0.15, 0.2) is 42.6 Å². The monoisotopic (exact) mass is 353 g/mol. The maximum atomic E-state index is 12.6. The average molecular weight is 354 g/mol. The molecule has 4 nitrogen and oxygen atoms in total. The third kappa shape index (κ3) is 4.12. The van der Waals surface area contributed by atoms with Crippen molar-refractivity contribution in [2.24, 2.45) is 7.05 Å². The molecule has 1 aromatic carbocycles. The lowest BCUT2D eigenvalue weighted by Gasteiger charge is -2.25. The predicted molar refractivity (Wildman–Crippen MR) is 106 cm³/mol. The summed E-state index contributed by atoms with van der Waals surface area (Å²) in [6, 6.07) is 13.2. The van der Waals surface area contributed by atoms with Crippen LogP contribution in [0.2, 0.25) is 0 Å². The van der Waals surface area contributed by atoms with Gasteiger partial charge in [0.2, 0.25) is 0 Å². The Bertz CT molecular complexity index is 739. The highest BCUT2D eigenvalue weighted by Crippen LogP contribution is 2.31. The van der Waals surface area contributed by atoms with E-state index in [1.807, 2.05) is 24.2 Å². The normalized spacial score (nSPS) is 17.5. The predicted octanol–water partition coefficient (Wildman–Crippen LogP) is 4.41. The minimum absolute atomic E-state index is 0.0556. The lowest BCUT2D eigenvalue weighted by atomic mass is 9.86. The van der Waals surface area contributed by atoms with Crippen molar-refractivity contribution in [1.29, 1.82) is 0 Å². The fraction of sp³-hybridized carbons (Fsp3) is 0.500. The van der Waals surface area contributed by atoms with E-state index in [1.165, 1.54) is 16.8 Å². The van der Waals surface area contributed by atoms with Gasteiger partial charge in [-0.15, -0.1) is 0 Å². The Kier molecular flexibility index (Phi) is 5.40. The van der Waals surface area contributed by atoms with Crippen molar-refractivity contribution in [1.82, 2.24) is 14.8 Å². The van der Waals surface area contributed by atoms with E-state index < -0.39 is 0 Å². The van der Waals surface area contributed by atoms with E-state index in [-0.39, 0.29) is 17.5 Å². The van der Waals surface area contributed by atoms with Crippen LogP contribution in [-0.4, -0.2) is 28.6 Å². The molecule has 0 spiro atoms. The van der Waals surface area contributed by atoms with Crippen molar-refractivity contribution in [3.05, 3.63) is 59.4 Å². The van der Waals surface area contributed by atoms with E-state index in [2.05, 4.69) is 61.0 Å². The first-order valence-corrected chi connectivity index (χ1v) is 9.61. The maximum Gasteiger partial charge on any atom is 0.317 e. The van der Waals surface area contributed by atoms with Gasteiger partial charge in [0, 0.05) is 32.0 Å². The molecule has 1 unspecified atom stereocenters. The van der Waals surface area contributed by atoms with Gasteiger partial charge in [-0.3, -0.25) is 0 Å². The summed E-state index contributed by atoms with van der Waals surface area (Å²) >= 11 is 0. The van der Waals surface area contributed by atoms with Gasteiger partial charge >= 0.3 is 6.03 Å². The van der Waals surface area contributed by atoms with E-state index in [4.69, 9.17) is 0 Å². The van der Waals surface area contributed by atoms with Gasteiger partial charge in [-0.2, -0.15) is 0 Å². The van der Waals surface area contributed by atoms with Crippen molar-refractivity contribution >= 4 is 6.03 Å². The summed E-state index contributed by atoms with van der Waals surface area (Å²) in [7, 11) is 2.05. The molecule has 4 heteroatoms. The van der Waals surface area contributed by atoms with Crippen LogP contribution in [0.1, 0.15) is 56.5 Å². The number of benzene rings is 1. The third-order valence-corrected chi connectivity index (χ3v) is 5.35. The molecule has 1 N–H and O–H groups in total. The van der Waals surface area contributed by atoms with Gasteiger partial charge in [0.25, 0.3) is 0 Å². The second kappa shape index (κ2) is 7.56. The van der Waals surface area contributed by atoms with Crippen LogP contribution in [0.3, 0.4) is 0 Å². The Morgan fingerprint density at radius 1 is 1.19 bits per heavy atom. The zero-order chi connectivity index (χ0) is 18.7. The molecule has 1 saturated heterocycles. The zero-order valence-electron chi connectivity index (χ0n) is 16.5. The number of aryl methyl sites for hydroxylation is 1. The molecule has 0 radical (unpaired) electrons. The van der Waals surface area contributed by atoms with Gasteiger partial charge in [0.15, 0.2) is 0 Å². The first-order chi connectivity index (χ1) is 12.4. The first-order valence-electron chi connectivity index (χ1n) is 9.61. The molecule has 1 aromatic heterocycles. The quantitative estimate of drug-likeness (QED) is 0.868. The number of carbonyl (C=O) groups excluding carboxylic acids is 1. The fourth-order valence-electron chi connectivity index (χ4n) is 3.72. The van der Waals surface area contributed by atoms with Crippen molar-refractivity contribution < 1.29 is 4.79 Å². The molecule has 1 atom stereocenters. The number of carbonyl (C=O) groups is 1. The Morgan fingerprint density at radius 3 is 2.54 bits per heavy atom. The molecule has 0 aliphatic carbocycles. The second-order valence-corrected chi connectivity index (χ2v) is 8.32. The Hall–Kier alpha value is -2.23. The number of likely N-dealkylation sites (tertiary alicyclic amines) is 1. The van der Waals surface area contributed by atoms with Crippen molar-refractivity contribution in [3.63, 3.8) is 0 Å². The number of hydrogen-bond donors (Lipinski definition) is 1. The van der Waals surface area contributed by atoms with E-state index in [1.54, 1.807) is 0 Å². The number of aromatic nitrogens is 1. The number of hydrogen-bond acceptors (Lipinski definition) is 1. The molecule has 26 heavy (non-hydrogen) atoms. The zero-order valence-corrected chi connectivity index (χ0v) is 16.5. The number of rotatable bonds is 4. The highest BCUT2D eigenvalue weighted by atomic mass is 16.2. The lowest BCUT2D eigenvalue weighted by molar-refractivity contribution is 0.191. The molecule has 140 valence electrons. The van der Waals surface area contributed by atoms with Crippen LogP contribution in [-0.2, 0) is 18.9 Å². The molecule has 2 aromatic rings. The highest BCUT2D eigenvalue weighted by molar-refractivity contribution is 5.75. The summed E-state index contributed by atoms with van der Waals surface area (Å²) in [4.78, 5) is 14.6. The van der Waals surface area contributed by atoms with Crippen molar-refractivity contribution in [3.8, 4) is 0 Å². The van der Waals surface area contributed by atoms with Gasteiger partial charge in [0.1, 0.15) is 0 Å². The summed E-state index contributed by atoms with van der Waals surface area (Å²) in [6.45, 7) is 8.18. The van der Waals surface area contributed by atoms with E-state index in [0.29, 0.717) is 6.54 Å². The van der Waals surface area contributed by atoms with Gasteiger partial charge in [-0.25, -0.2) is 4.79 Å². The van der Waals surface area contributed by atoms with Crippen LogP contribution in [0.5, 0.6) is 0 Å². The summed E-state index contributed by atoms with van der Waals surface area (Å²) in [5.41, 5.74) is 4.00. The SMILES string of the molecule is Cn1cccc1C1CCCN1C(=O)NCCc1ccc(C(C)(C)C)cc1. The molecule has 0 saturated carbocycles. The Balaban J connectivity index is 1.53. The van der Waals surface area contributed by atoms with E-state index >= 15 is 0 Å². The summed E-state index contributed by atoms with van der Waals surface area (Å²) in [6.07, 6.45) is 5.01. The summed E-state index contributed by atoms with van der Waals surface area (Å²) in [5, 5.41) is 3.11. The first kappa shape index (κ1) is 18.6. The molecule has 2 amide bonds. The topological polar surface area (TPSA) is 37.3 Å². The molecule has 3 rings (SSSR count). The number of urea groups is 1. The standard InChI is InChI=1S/C22H31N3O/c1-22(2,3)18-11-9-17(10-12-18)13-14-23-21(26)25-16-6-8-20(25)19-7-5-15-24(19)4/h5,7,9-12,15,20H,6,8,13-14,16H2,1-4H3,(H,23,26). The van der Waals surface area contributed by atoms with Crippen molar-refractivity contribution in [2.75, 3.05) is 13.1 Å². The molecular formula is C22H31N3O. The Morgan fingerprint density at radius 2 is 1.92 bits per heavy atom. The molecule has 1 fully saturated rings. The minimum Gasteiger partial charge on any atom is -0.353 e. The summed E-state index contributed by atoms with van der Waals surface area (Å²) < 4.78 is 2.12. The van der Waals surface area contributed by atoms with E-state index in [0.717, 1.165) is 25.8 Å². The van der Waals surface area contributed by atoms with E-state index in [9.17, 15) is 4.79 Å². The van der Waals surface area contributed by atoms with Gasteiger partial charge in [-0.05, 0) is 47.9 Å². The molecule has 1 aliphatic heterocycles. The molecule has 1 aliphatic rings. The number of nitrogens with zero attached hydrogens (tertiary/aromatic N) is 2. The Labute approximate surface area is 157 Å². The van der Waals surface area contributed by atoms with Crippen molar-refractivity contribution in [2.45, 2.75) is 51.5 Å². The minimum atomic E-state index is 0.0556. The number of nitrogens with one attached hydrogen (secondary N) is 1. The van der Waals surface area contributed by atoms with Crippen LogP contribution >= 0.6 is 0 Å². The molecular weight excluding hydrogens is 322 g/mol. The number of amides is 2. The van der Waals surface area contributed by atoms with Gasteiger partial charge in [0.05, 0.1) is 6.04 Å². The highest BCUT2D eigenvalue weighted by Gasteiger charge is 2.31. The van der Waals surface area contributed by atoms with Crippen LogP contribution < -0.4 is 5.32 Å². The van der Waals surface area contributed by atoms with Gasteiger partial charge < -0.3 is 14.8 Å². The maximum absolute atomic E-state index is 12.6. The second-order valence-electron chi connectivity index (χ2n) is 8.32. The van der Waals surface area contributed by atoms with Crippen LogP contribution in [0.4, 0.5) is 4.79 Å². The van der Waals surface area contributed by atoms with Crippen LogP contribution in [0.25, 0.3) is 0 Å².